The first kappa shape index (κ1) is 24.2. The molecule has 0 atom stereocenters. The van der Waals surface area contributed by atoms with E-state index in [0.29, 0.717) is 0 Å². The summed E-state index contributed by atoms with van der Waals surface area (Å²) in [5.74, 6) is -2.76. The Bertz CT molecular complexity index is 1090. The molecule has 160 valence electrons. The van der Waals surface area contributed by atoms with Gasteiger partial charge in [-0.1, -0.05) is 84.9 Å². The lowest BCUT2D eigenvalue weighted by Gasteiger charge is -2.10. The van der Waals surface area contributed by atoms with E-state index in [1.807, 2.05) is 0 Å². The second kappa shape index (κ2) is 10.8. The fourth-order valence-electron chi connectivity index (χ4n) is 2.86. The van der Waals surface area contributed by atoms with Crippen molar-refractivity contribution in [3.8, 4) is 32.7 Å². The highest BCUT2D eigenvalue weighted by atomic mass is 32.1. The van der Waals surface area contributed by atoms with Crippen LogP contribution in [0.25, 0.3) is 32.7 Å². The average molecular weight is 461 g/mol. The molecule has 3 aromatic carbocycles. The van der Waals surface area contributed by atoms with E-state index >= 15 is 0 Å². The summed E-state index contributed by atoms with van der Waals surface area (Å²) in [5, 5.41) is 9.24. The van der Waals surface area contributed by atoms with Crippen LogP contribution in [-0.2, 0) is 4.79 Å². The number of carboxylic acids is 1. The maximum absolute atomic E-state index is 10.6. The smallest absolute Gasteiger partial charge is 0.475 e. The first-order chi connectivity index (χ1) is 14.4. The molecule has 0 radical (unpaired) electrons. The summed E-state index contributed by atoms with van der Waals surface area (Å²) in [6, 6.07) is 32.3. The largest absolute Gasteiger partial charge is 0.490 e. The zero-order valence-electron chi connectivity index (χ0n) is 16.1. The Morgan fingerprint density at radius 2 is 1.13 bits per heavy atom. The fourth-order valence-corrected chi connectivity index (χ4v) is 3.59. The molecule has 0 bridgehead atoms. The molecule has 4 aromatic rings. The van der Waals surface area contributed by atoms with Gasteiger partial charge in [-0.3, -0.25) is 0 Å². The van der Waals surface area contributed by atoms with E-state index in [9.17, 15) is 13.2 Å². The molecular formula is C24H19F3O2S2. The van der Waals surface area contributed by atoms with Crippen LogP contribution < -0.4 is 0 Å². The minimum atomic E-state index is -5.08. The molecule has 0 saturated heterocycles. The van der Waals surface area contributed by atoms with Crippen LogP contribution in [0, 0.1) is 0 Å². The predicted octanol–water partition coefficient (Wildman–Crippen LogP) is 7.50. The van der Waals surface area contributed by atoms with Gasteiger partial charge in [0.15, 0.2) is 0 Å². The molecule has 1 heterocycles. The van der Waals surface area contributed by atoms with Crippen molar-refractivity contribution in [2.45, 2.75) is 6.18 Å². The van der Waals surface area contributed by atoms with E-state index in [1.165, 1.54) is 32.7 Å². The van der Waals surface area contributed by atoms with Gasteiger partial charge in [0.05, 0.1) is 0 Å². The summed E-state index contributed by atoms with van der Waals surface area (Å²) in [6.07, 6.45) is -5.08. The minimum Gasteiger partial charge on any atom is -0.475 e. The quantitative estimate of drug-likeness (QED) is 0.344. The molecule has 4 rings (SSSR count). The standard InChI is InChI=1S/C22H16S.C2HF3O2.H2S/c1-2-7-17(8-3-1)20-9-4-5-10-21(20)18-12-14-19(15-13-18)22-11-6-16-23-22;3-2(4,5)1(6)7;/h1-16H;(H,6,7);1H2. The lowest BCUT2D eigenvalue weighted by molar-refractivity contribution is -0.192. The van der Waals surface area contributed by atoms with Gasteiger partial charge in [0, 0.05) is 4.88 Å². The summed E-state index contributed by atoms with van der Waals surface area (Å²) < 4.78 is 31.7. The third-order valence-corrected chi connectivity index (χ3v) is 5.17. The normalized spacial score (nSPS) is 10.4. The Morgan fingerprint density at radius 3 is 1.58 bits per heavy atom. The zero-order valence-corrected chi connectivity index (χ0v) is 18.0. The number of carboxylic acid groups (broad SMARTS) is 1. The van der Waals surface area contributed by atoms with Crippen molar-refractivity contribution in [1.82, 2.24) is 0 Å². The van der Waals surface area contributed by atoms with Crippen molar-refractivity contribution >= 4 is 30.8 Å². The van der Waals surface area contributed by atoms with Crippen molar-refractivity contribution in [2.24, 2.45) is 0 Å². The molecule has 0 aliphatic carbocycles. The summed E-state index contributed by atoms with van der Waals surface area (Å²) in [4.78, 5) is 10.2. The molecular weight excluding hydrogens is 441 g/mol. The van der Waals surface area contributed by atoms with Gasteiger partial charge in [0.1, 0.15) is 0 Å². The summed E-state index contributed by atoms with van der Waals surface area (Å²) in [6.45, 7) is 0. The van der Waals surface area contributed by atoms with Crippen LogP contribution in [0.5, 0.6) is 0 Å². The van der Waals surface area contributed by atoms with Crippen LogP contribution in [-0.4, -0.2) is 17.3 Å². The van der Waals surface area contributed by atoms with Crippen molar-refractivity contribution in [1.29, 1.82) is 0 Å². The topological polar surface area (TPSA) is 37.3 Å². The number of thiophene rings is 1. The van der Waals surface area contributed by atoms with Crippen LogP contribution >= 0.6 is 24.8 Å². The van der Waals surface area contributed by atoms with E-state index in [4.69, 9.17) is 9.90 Å². The highest BCUT2D eigenvalue weighted by Crippen LogP contribution is 2.33. The molecule has 0 aliphatic heterocycles. The van der Waals surface area contributed by atoms with E-state index in [0.717, 1.165) is 0 Å². The first-order valence-electron chi connectivity index (χ1n) is 8.95. The second-order valence-corrected chi connectivity index (χ2v) is 7.22. The summed E-state index contributed by atoms with van der Waals surface area (Å²) >= 11 is 1.78. The van der Waals surface area contributed by atoms with E-state index in [-0.39, 0.29) is 13.5 Å². The fraction of sp³-hybridized carbons (Fsp3) is 0.0417. The van der Waals surface area contributed by atoms with Gasteiger partial charge >= 0.3 is 12.1 Å². The Kier molecular flexibility index (Phi) is 8.47. The minimum absolute atomic E-state index is 0. The number of hydrogen-bond acceptors (Lipinski definition) is 2. The molecule has 1 aromatic heterocycles. The van der Waals surface area contributed by atoms with Gasteiger partial charge in [-0.2, -0.15) is 26.7 Å². The van der Waals surface area contributed by atoms with Gasteiger partial charge in [0.2, 0.25) is 0 Å². The second-order valence-electron chi connectivity index (χ2n) is 6.27. The van der Waals surface area contributed by atoms with Crippen molar-refractivity contribution in [3.05, 3.63) is 96.4 Å². The molecule has 31 heavy (non-hydrogen) atoms. The molecule has 0 aliphatic rings. The SMILES string of the molecule is O=C(O)C(F)(F)F.S.c1ccc(-c2ccccc2-c2ccc(-c3cccs3)cc2)cc1. The first-order valence-corrected chi connectivity index (χ1v) is 9.83. The van der Waals surface area contributed by atoms with Crippen molar-refractivity contribution in [2.75, 3.05) is 0 Å². The lowest BCUT2D eigenvalue weighted by atomic mass is 9.94. The van der Waals surface area contributed by atoms with E-state index in [2.05, 4.69) is 96.4 Å². The third-order valence-electron chi connectivity index (χ3n) is 4.26. The van der Waals surface area contributed by atoms with Crippen LogP contribution in [0.1, 0.15) is 0 Å². The van der Waals surface area contributed by atoms with E-state index in [1.54, 1.807) is 11.3 Å². The van der Waals surface area contributed by atoms with Gasteiger partial charge in [-0.05, 0) is 39.3 Å². The average Bonchev–Trinajstić information content (AvgIpc) is 3.29. The zero-order chi connectivity index (χ0) is 21.6. The molecule has 0 saturated carbocycles. The molecule has 0 amide bonds. The van der Waals surface area contributed by atoms with Crippen LogP contribution in [0.4, 0.5) is 13.2 Å². The molecule has 0 spiro atoms. The van der Waals surface area contributed by atoms with Crippen molar-refractivity contribution < 1.29 is 23.1 Å². The van der Waals surface area contributed by atoms with Gasteiger partial charge in [-0.25, -0.2) is 4.79 Å². The molecule has 1 N–H and O–H groups in total. The highest BCUT2D eigenvalue weighted by molar-refractivity contribution is 7.59. The Morgan fingerprint density at radius 1 is 0.677 bits per heavy atom. The molecule has 0 fully saturated rings. The van der Waals surface area contributed by atoms with Gasteiger partial charge in [0.25, 0.3) is 0 Å². The third kappa shape index (κ3) is 6.47. The molecule has 2 nitrogen and oxygen atoms in total. The highest BCUT2D eigenvalue weighted by Gasteiger charge is 2.38. The number of carbonyl (C=O) groups is 1. The van der Waals surface area contributed by atoms with Crippen molar-refractivity contribution in [3.63, 3.8) is 0 Å². The number of aliphatic carboxylic acids is 1. The van der Waals surface area contributed by atoms with Crippen LogP contribution in [0.3, 0.4) is 0 Å². The number of hydrogen-bond donors (Lipinski definition) is 1. The van der Waals surface area contributed by atoms with Crippen LogP contribution in [0.15, 0.2) is 96.4 Å². The lowest BCUT2D eigenvalue weighted by Crippen LogP contribution is -2.21. The summed E-state index contributed by atoms with van der Waals surface area (Å²) in [7, 11) is 0. The molecule has 0 unspecified atom stereocenters. The number of alkyl halides is 3. The van der Waals surface area contributed by atoms with Gasteiger partial charge < -0.3 is 5.11 Å². The summed E-state index contributed by atoms with van der Waals surface area (Å²) in [5.41, 5.74) is 6.34. The maximum atomic E-state index is 10.6. The van der Waals surface area contributed by atoms with E-state index < -0.39 is 12.1 Å². The Hall–Kier alpha value is -3.03. The maximum Gasteiger partial charge on any atom is 0.490 e. The number of rotatable bonds is 3. The van der Waals surface area contributed by atoms with Gasteiger partial charge in [-0.15, -0.1) is 11.3 Å². The monoisotopic (exact) mass is 460 g/mol. The van der Waals surface area contributed by atoms with Crippen LogP contribution in [0.2, 0.25) is 0 Å². The number of halogens is 3. The Labute approximate surface area is 189 Å². The Balaban J connectivity index is 0.000000373. The number of benzene rings is 3. The predicted molar refractivity (Wildman–Crippen MR) is 125 cm³/mol. The molecule has 7 heteroatoms.